The number of amides is 2. The highest BCUT2D eigenvalue weighted by Gasteiger charge is 2.45. The lowest BCUT2D eigenvalue weighted by atomic mass is 9.98. The number of carbonyl (C=O) groups excluding carboxylic acids is 2. The predicted molar refractivity (Wildman–Crippen MR) is 92.6 cm³/mol. The Morgan fingerprint density at radius 2 is 2.04 bits per heavy atom. The van der Waals surface area contributed by atoms with Gasteiger partial charge in [-0.25, -0.2) is 0 Å². The van der Waals surface area contributed by atoms with Crippen molar-refractivity contribution in [3.63, 3.8) is 0 Å². The van der Waals surface area contributed by atoms with Gasteiger partial charge in [0.2, 0.25) is 11.8 Å². The van der Waals surface area contributed by atoms with Crippen LogP contribution in [0.3, 0.4) is 0 Å². The number of rotatable bonds is 5. The Bertz CT molecular complexity index is 574. The summed E-state index contributed by atoms with van der Waals surface area (Å²) >= 11 is 1.51. The van der Waals surface area contributed by atoms with Crippen LogP contribution >= 0.6 is 11.8 Å². The van der Waals surface area contributed by atoms with Crippen LogP contribution in [0, 0.1) is 0 Å². The second-order valence-corrected chi connectivity index (χ2v) is 7.21. The molecule has 0 saturated carbocycles. The molecule has 0 aromatic heterocycles. The molecule has 1 aromatic rings. The highest BCUT2D eigenvalue weighted by molar-refractivity contribution is 8.00. The third kappa shape index (κ3) is 3.99. The van der Waals surface area contributed by atoms with Gasteiger partial charge in [-0.2, -0.15) is 0 Å². The van der Waals surface area contributed by atoms with E-state index in [1.165, 1.54) is 11.8 Å². The molecule has 1 aromatic carbocycles. The van der Waals surface area contributed by atoms with Gasteiger partial charge in [0.05, 0.1) is 12.9 Å². The van der Waals surface area contributed by atoms with Crippen molar-refractivity contribution < 1.29 is 14.3 Å². The van der Waals surface area contributed by atoms with Gasteiger partial charge >= 0.3 is 0 Å². The van der Waals surface area contributed by atoms with Crippen molar-refractivity contribution in [3.05, 3.63) is 29.8 Å². The van der Waals surface area contributed by atoms with Crippen LogP contribution in [0.2, 0.25) is 0 Å². The highest BCUT2D eigenvalue weighted by atomic mass is 32.2. The van der Waals surface area contributed by atoms with Crippen LogP contribution in [0.15, 0.2) is 24.3 Å². The van der Waals surface area contributed by atoms with Crippen LogP contribution in [0.1, 0.15) is 26.3 Å². The lowest BCUT2D eigenvalue weighted by molar-refractivity contribution is -0.145. The topological polar surface area (TPSA) is 58.6 Å². The molecular formula is C17H24N2O3S. The van der Waals surface area contributed by atoms with E-state index in [2.05, 4.69) is 5.32 Å². The number of carbonyl (C=O) groups is 2. The van der Waals surface area contributed by atoms with Crippen molar-refractivity contribution in [1.82, 2.24) is 10.2 Å². The monoisotopic (exact) mass is 336 g/mol. The van der Waals surface area contributed by atoms with Crippen LogP contribution < -0.4 is 10.1 Å². The molecule has 126 valence electrons. The van der Waals surface area contributed by atoms with Crippen molar-refractivity contribution in [2.75, 3.05) is 18.6 Å². The van der Waals surface area contributed by atoms with E-state index in [1.54, 1.807) is 12.0 Å². The average Bonchev–Trinajstić information content (AvgIpc) is 2.51. The number of nitrogens with one attached hydrogen (secondary N) is 1. The van der Waals surface area contributed by atoms with Gasteiger partial charge in [-0.15, -0.1) is 11.8 Å². The van der Waals surface area contributed by atoms with Crippen molar-refractivity contribution in [1.29, 1.82) is 0 Å². The Morgan fingerprint density at radius 1 is 1.39 bits per heavy atom. The molecule has 1 atom stereocenters. The van der Waals surface area contributed by atoms with E-state index in [9.17, 15) is 9.59 Å². The largest absolute Gasteiger partial charge is 0.497 e. The zero-order chi connectivity index (χ0) is 17.0. The summed E-state index contributed by atoms with van der Waals surface area (Å²) < 4.78 is 5.16. The average molecular weight is 336 g/mol. The molecule has 0 aliphatic carbocycles. The normalized spacial score (nSPS) is 21.4. The molecule has 1 heterocycles. The second kappa shape index (κ2) is 7.25. The summed E-state index contributed by atoms with van der Waals surface area (Å²) in [6.07, 6.45) is 0. The summed E-state index contributed by atoms with van der Waals surface area (Å²) in [6.45, 7) is 6.11. The number of methoxy groups -OCH3 is 1. The summed E-state index contributed by atoms with van der Waals surface area (Å²) in [5.41, 5.74) is 0.152. The van der Waals surface area contributed by atoms with Gasteiger partial charge in [0.25, 0.3) is 0 Å². The smallest absolute Gasteiger partial charge is 0.246 e. The van der Waals surface area contributed by atoms with E-state index in [0.29, 0.717) is 18.1 Å². The first-order valence-corrected chi connectivity index (χ1v) is 8.84. The third-order valence-corrected chi connectivity index (χ3v) is 5.13. The first-order valence-electron chi connectivity index (χ1n) is 7.69. The van der Waals surface area contributed by atoms with E-state index in [0.717, 1.165) is 11.3 Å². The maximum atomic E-state index is 12.6. The van der Waals surface area contributed by atoms with E-state index in [1.807, 2.05) is 45.0 Å². The zero-order valence-electron chi connectivity index (χ0n) is 14.1. The summed E-state index contributed by atoms with van der Waals surface area (Å²) in [5, 5.41) is 2.94. The molecular weight excluding hydrogens is 312 g/mol. The zero-order valence-corrected chi connectivity index (χ0v) is 14.9. The fourth-order valence-electron chi connectivity index (χ4n) is 2.55. The Morgan fingerprint density at radius 3 is 2.61 bits per heavy atom. The van der Waals surface area contributed by atoms with Gasteiger partial charge in [0.15, 0.2) is 0 Å². The predicted octanol–water partition coefficient (Wildman–Crippen LogP) is 2.05. The van der Waals surface area contributed by atoms with E-state index < -0.39 is 5.54 Å². The van der Waals surface area contributed by atoms with Gasteiger partial charge in [-0.1, -0.05) is 12.1 Å². The summed E-state index contributed by atoms with van der Waals surface area (Å²) in [7, 11) is 1.62. The number of hydrogen-bond acceptors (Lipinski definition) is 4. The molecule has 0 spiro atoms. The van der Waals surface area contributed by atoms with Crippen LogP contribution in [0.25, 0.3) is 0 Å². The SMILES string of the molecule is COc1ccc(CN2C(=O)CSCC2(C)C(=O)NC(C)C)cc1. The van der Waals surface area contributed by atoms with Gasteiger partial charge in [-0.05, 0) is 38.5 Å². The van der Waals surface area contributed by atoms with Crippen LogP contribution in [0.4, 0.5) is 0 Å². The summed E-state index contributed by atoms with van der Waals surface area (Å²) in [5.74, 6) is 1.70. The van der Waals surface area contributed by atoms with Crippen LogP contribution in [-0.4, -0.2) is 46.9 Å². The van der Waals surface area contributed by atoms with Gasteiger partial charge in [-0.3, -0.25) is 9.59 Å². The molecule has 2 rings (SSSR count). The molecule has 1 aliphatic heterocycles. The fraction of sp³-hybridized carbons (Fsp3) is 0.529. The quantitative estimate of drug-likeness (QED) is 0.894. The third-order valence-electron chi connectivity index (χ3n) is 3.91. The summed E-state index contributed by atoms with van der Waals surface area (Å²) in [6, 6.07) is 7.63. The molecule has 1 unspecified atom stereocenters. The molecule has 1 fully saturated rings. The lowest BCUT2D eigenvalue weighted by Gasteiger charge is -2.43. The Labute approximate surface area is 141 Å². The second-order valence-electron chi connectivity index (χ2n) is 6.22. The van der Waals surface area contributed by atoms with Gasteiger partial charge in [0.1, 0.15) is 11.3 Å². The van der Waals surface area contributed by atoms with Crippen molar-refractivity contribution in [3.8, 4) is 5.75 Å². The van der Waals surface area contributed by atoms with Gasteiger partial charge < -0.3 is 15.0 Å². The Kier molecular flexibility index (Phi) is 5.57. The lowest BCUT2D eigenvalue weighted by Crippen LogP contribution is -2.63. The Balaban J connectivity index is 2.22. The van der Waals surface area contributed by atoms with E-state index in [-0.39, 0.29) is 17.9 Å². The molecule has 1 N–H and O–H groups in total. The highest BCUT2D eigenvalue weighted by Crippen LogP contribution is 2.30. The fourth-order valence-corrected chi connectivity index (χ4v) is 3.67. The van der Waals surface area contributed by atoms with Crippen molar-refractivity contribution >= 4 is 23.6 Å². The maximum absolute atomic E-state index is 12.6. The molecule has 1 aliphatic rings. The molecule has 6 heteroatoms. The number of nitrogens with zero attached hydrogens (tertiary/aromatic N) is 1. The minimum Gasteiger partial charge on any atom is -0.497 e. The molecule has 2 amide bonds. The number of benzene rings is 1. The van der Waals surface area contributed by atoms with E-state index in [4.69, 9.17) is 4.74 Å². The van der Waals surface area contributed by atoms with Crippen molar-refractivity contribution in [2.45, 2.75) is 38.9 Å². The van der Waals surface area contributed by atoms with Crippen LogP contribution in [-0.2, 0) is 16.1 Å². The molecule has 23 heavy (non-hydrogen) atoms. The number of hydrogen-bond donors (Lipinski definition) is 1. The number of ether oxygens (including phenoxy) is 1. The van der Waals surface area contributed by atoms with E-state index >= 15 is 0 Å². The van der Waals surface area contributed by atoms with Gasteiger partial charge in [0, 0.05) is 18.3 Å². The molecule has 1 saturated heterocycles. The Hall–Kier alpha value is -1.69. The molecule has 0 radical (unpaired) electrons. The van der Waals surface area contributed by atoms with Crippen molar-refractivity contribution in [2.24, 2.45) is 0 Å². The number of thioether (sulfide) groups is 1. The molecule has 5 nitrogen and oxygen atoms in total. The molecule has 0 bridgehead atoms. The minimum atomic E-state index is -0.829. The minimum absolute atomic E-state index is 0.00141. The standard InChI is InChI=1S/C17H24N2O3S/c1-12(2)18-16(21)17(3)11-23-10-15(20)19(17)9-13-5-7-14(22-4)8-6-13/h5-8,12H,9-11H2,1-4H3,(H,18,21). The first-order chi connectivity index (χ1) is 10.9. The summed E-state index contributed by atoms with van der Waals surface area (Å²) in [4.78, 5) is 26.8. The van der Waals surface area contributed by atoms with Crippen LogP contribution in [0.5, 0.6) is 5.75 Å². The maximum Gasteiger partial charge on any atom is 0.246 e. The first kappa shape index (κ1) is 17.7.